The number of fused-ring (bicyclic) bond motifs is 16. The normalized spacial score (nSPS) is 12.4. The van der Waals surface area contributed by atoms with Gasteiger partial charge in [0, 0.05) is 22.3 Å². The molecule has 0 saturated heterocycles. The quantitative estimate of drug-likeness (QED) is 0.0674. The summed E-state index contributed by atoms with van der Waals surface area (Å²) >= 11 is 0. The van der Waals surface area contributed by atoms with Gasteiger partial charge in [-0.1, -0.05) is 309 Å². The molecule has 0 atom stereocenters. The van der Waals surface area contributed by atoms with E-state index >= 15 is 0 Å². The van der Waals surface area contributed by atoms with E-state index < -0.39 is 32.3 Å². The van der Waals surface area contributed by atoms with Gasteiger partial charge in [-0.3, -0.25) is 0 Å². The maximum Gasteiger partial charge on any atom is 0.129 e. The van der Waals surface area contributed by atoms with Crippen molar-refractivity contribution in [1.82, 2.24) is 0 Å². The van der Waals surface area contributed by atoms with Gasteiger partial charge in [0.05, 0.1) is 0 Å². The van der Waals surface area contributed by atoms with Gasteiger partial charge in [-0.05, 0) is 371 Å². The van der Waals surface area contributed by atoms with Crippen LogP contribution < -0.4 is 0 Å². The van der Waals surface area contributed by atoms with E-state index in [2.05, 4.69) is 452 Å². The molecule has 0 bridgehead atoms. The lowest BCUT2D eigenvalue weighted by Crippen LogP contribution is -2.16. The average molecular weight is 1690 g/mol. The smallest absolute Gasteiger partial charge is 0.127 e. The molecule has 24 aromatic carbocycles. The van der Waals surface area contributed by atoms with Gasteiger partial charge in [0.15, 0.2) is 0 Å². The second-order valence-corrected chi connectivity index (χ2v) is 59.0. The maximum atomic E-state index is 4.15. The van der Waals surface area contributed by atoms with Crippen LogP contribution in [0.25, 0.3) is 250 Å². The van der Waals surface area contributed by atoms with E-state index in [0.717, 1.165) is 87.6 Å². The number of hydrogen-bond acceptors (Lipinski definition) is 0. The minimum atomic E-state index is -2.09. The monoisotopic (exact) mass is 1690 g/mol. The predicted octanol–water partition coefficient (Wildman–Crippen LogP) is 34.5. The Morgan fingerprint density at radius 1 is 0.133 bits per heavy atom. The Kier molecular flexibility index (Phi) is 17.2. The molecule has 0 N–H and O–H groups in total. The second-order valence-electron chi connectivity index (χ2n) is 40.0. The molecule has 0 radical (unpaired) electrons. The van der Waals surface area contributed by atoms with Crippen LogP contribution in [-0.2, 0) is 0 Å². The van der Waals surface area contributed by atoms with Crippen molar-refractivity contribution in [3.8, 4) is 113 Å². The summed E-state index contributed by atoms with van der Waals surface area (Å²) in [4.78, 5) is 0. The molecule has 0 aliphatic heterocycles. The van der Waals surface area contributed by atoms with Gasteiger partial charge in [-0.15, -0.1) is 22.2 Å². The van der Waals surface area contributed by atoms with Crippen LogP contribution in [0.3, 0.4) is 0 Å². The molecule has 0 fully saturated rings. The van der Waals surface area contributed by atoms with Crippen LogP contribution in [0.15, 0.2) is 328 Å². The molecule has 0 spiro atoms. The highest BCUT2D eigenvalue weighted by Crippen LogP contribution is 2.55. The Balaban J connectivity index is 0.893. The summed E-state index contributed by atoms with van der Waals surface area (Å²) in [5.41, 5.74) is 34.6. The SMILES string of the molecule is C[Si](C)(C)C#Cc1c2cc3c(cc2c(C#C[Si](C)(C)C)c2cc4c(cc12)c1cc(-c2ccccc2)cc2c5cc6c(C#C[Si](C)(C)C)c7cc8c(cc7c(C#C[Si](C)(C)C)c6cc5c5cc(-c6ccccc6)cc4c5c12)c1cc(-c2ccccc2)cc2ccc4cc(-c5ccccc5)cc8c4c21)c1cc(-c2ccccc2)cc2ccc4cc(-c5ccccc5)cc3c4c21. The molecule has 0 nitrogen and oxygen atoms in total. The number of rotatable bonds is 6. The molecule has 4 heteroatoms. The summed E-state index contributed by atoms with van der Waals surface area (Å²) < 4.78 is 0. The molecule has 0 aromatic heterocycles. The third kappa shape index (κ3) is 12.7. The Morgan fingerprint density at radius 2 is 0.281 bits per heavy atom. The number of benzene rings is 24. The number of hydrogen-bond donors (Lipinski definition) is 0. The molecular formula is C124H90Si4. The minimum absolute atomic E-state index is 1.05. The summed E-state index contributed by atoms with van der Waals surface area (Å²) in [7, 11) is -8.35. The van der Waals surface area contributed by atoms with Crippen LogP contribution in [0.1, 0.15) is 22.3 Å². The first-order valence-corrected chi connectivity index (χ1v) is 59.1. The Morgan fingerprint density at radius 3 is 0.438 bits per heavy atom. The van der Waals surface area contributed by atoms with Gasteiger partial charge >= 0.3 is 0 Å². The van der Waals surface area contributed by atoms with Crippen molar-refractivity contribution in [3.63, 3.8) is 0 Å². The van der Waals surface area contributed by atoms with Gasteiger partial charge in [-0.25, -0.2) is 0 Å². The lowest BCUT2D eigenvalue weighted by Gasteiger charge is -2.23. The van der Waals surface area contributed by atoms with Crippen molar-refractivity contribution in [2.45, 2.75) is 78.6 Å². The van der Waals surface area contributed by atoms with Gasteiger partial charge in [0.25, 0.3) is 0 Å². The largest absolute Gasteiger partial charge is 0.129 e. The zero-order valence-electron chi connectivity index (χ0n) is 74.2. The first-order chi connectivity index (χ1) is 61.9. The van der Waals surface area contributed by atoms with E-state index in [-0.39, 0.29) is 0 Å². The highest BCUT2D eigenvalue weighted by Gasteiger charge is 2.29. The zero-order valence-corrected chi connectivity index (χ0v) is 78.2. The molecular weight excluding hydrogens is 1600 g/mol. The van der Waals surface area contributed by atoms with Gasteiger partial charge in [0.2, 0.25) is 0 Å². The van der Waals surface area contributed by atoms with Crippen LogP contribution >= 0.6 is 0 Å². The molecule has 0 aliphatic rings. The standard InChI is InChI=1S/C124H90Si4/c1-125(2,3)51-47-91-95-67-103-104(112-60-86(76-33-21-14-22-34-76)56-82-44-43-81-55-85(75-31-19-13-20-32-75)59-111(103)119(81)120(82)112)68-96(95)92(48-52-126(4,5)6)100-72-108-107(71-99(91)100)115-63-89(79-39-27-17-28-40-79)65-117-109-73-101-93(49-53-127(7,8)9)97-69-105-106(114-62-88(78-37-25-16-26-38-78)58-84-46-45-83-57-87(77-35-23-15-24-36-77)61-113(105)121(83)122(84)114)70-98(97)94(50-54-128(10,11)12)102(101)74-110(109)118-66-90(80-41-29-18-30-42-80)64-116(108)124(118)123(115)117/h13-46,55-74H,1-12H3. The Bertz CT molecular complexity index is 8210. The van der Waals surface area contributed by atoms with Crippen molar-refractivity contribution in [1.29, 1.82) is 0 Å². The fourth-order valence-electron chi connectivity index (χ4n) is 20.9. The minimum Gasteiger partial charge on any atom is -0.127 e. The van der Waals surface area contributed by atoms with Crippen LogP contribution in [0, 0.1) is 45.9 Å². The molecule has 0 aliphatic carbocycles. The first-order valence-electron chi connectivity index (χ1n) is 45.1. The first kappa shape index (κ1) is 77.2. The average Bonchev–Trinajstić information content (AvgIpc) is 0.696. The summed E-state index contributed by atoms with van der Waals surface area (Å²) in [5.74, 6) is 16.6. The van der Waals surface area contributed by atoms with E-state index in [1.807, 2.05) is 0 Å². The predicted molar refractivity (Wildman–Crippen MR) is 571 cm³/mol. The van der Waals surface area contributed by atoms with Crippen LogP contribution in [0.4, 0.5) is 0 Å². The van der Waals surface area contributed by atoms with Gasteiger partial charge in [0.1, 0.15) is 32.3 Å². The molecule has 24 aromatic rings. The third-order valence-electron chi connectivity index (χ3n) is 26.6. The molecule has 0 saturated carbocycles. The van der Waals surface area contributed by atoms with Crippen molar-refractivity contribution >= 4 is 215 Å². The summed E-state index contributed by atoms with van der Waals surface area (Å²) in [6.45, 7) is 28.6. The summed E-state index contributed by atoms with van der Waals surface area (Å²) in [5, 5.41) is 40.9. The lowest BCUT2D eigenvalue weighted by molar-refractivity contribution is 1.65. The van der Waals surface area contributed by atoms with Gasteiger partial charge < -0.3 is 0 Å². The summed E-state index contributed by atoms with van der Waals surface area (Å²) in [6, 6.07) is 126. The van der Waals surface area contributed by atoms with Crippen molar-refractivity contribution in [2.75, 3.05) is 0 Å². The van der Waals surface area contributed by atoms with E-state index in [4.69, 9.17) is 0 Å². The molecule has 128 heavy (non-hydrogen) atoms. The van der Waals surface area contributed by atoms with E-state index in [9.17, 15) is 0 Å². The topological polar surface area (TPSA) is 0 Å². The van der Waals surface area contributed by atoms with Crippen molar-refractivity contribution < 1.29 is 0 Å². The third-order valence-corrected chi connectivity index (χ3v) is 30.1. The maximum absolute atomic E-state index is 4.15. The fourth-order valence-corrected chi connectivity index (χ4v) is 22.9. The van der Waals surface area contributed by atoms with Crippen LogP contribution in [0.5, 0.6) is 0 Å². The highest BCUT2D eigenvalue weighted by molar-refractivity contribution is 6.85. The fraction of sp³-hybridized carbons (Fsp3) is 0.0968. The second kappa shape index (κ2) is 28.6. The van der Waals surface area contributed by atoms with Crippen molar-refractivity contribution in [3.05, 3.63) is 350 Å². The van der Waals surface area contributed by atoms with Crippen LogP contribution in [-0.4, -0.2) is 32.3 Å². The zero-order chi connectivity index (χ0) is 86.7. The molecule has 0 unspecified atom stereocenters. The molecule has 0 heterocycles. The van der Waals surface area contributed by atoms with Crippen LogP contribution in [0.2, 0.25) is 78.6 Å². The lowest BCUT2D eigenvalue weighted by atomic mass is 9.80. The summed E-state index contributed by atoms with van der Waals surface area (Å²) in [6.07, 6.45) is 0. The highest BCUT2D eigenvalue weighted by atomic mass is 28.3. The molecule has 602 valence electrons. The van der Waals surface area contributed by atoms with E-state index in [0.29, 0.717) is 0 Å². The molecule has 0 amide bonds. The Hall–Kier alpha value is -14.4. The van der Waals surface area contributed by atoms with E-state index in [1.54, 1.807) is 0 Å². The van der Waals surface area contributed by atoms with E-state index in [1.165, 1.54) is 185 Å². The van der Waals surface area contributed by atoms with Crippen molar-refractivity contribution in [2.24, 2.45) is 0 Å². The Labute approximate surface area is 750 Å². The van der Waals surface area contributed by atoms with Gasteiger partial charge in [-0.2, -0.15) is 0 Å². The molecule has 24 rings (SSSR count).